The Kier molecular flexibility index (Phi) is 7.81. The van der Waals surface area contributed by atoms with Gasteiger partial charge in [0.1, 0.15) is 0 Å². The molecular formula is C26H28N4O3. The van der Waals surface area contributed by atoms with Crippen molar-refractivity contribution in [3.05, 3.63) is 84.4 Å². The lowest BCUT2D eigenvalue weighted by molar-refractivity contribution is -0.116. The lowest BCUT2D eigenvalue weighted by Crippen LogP contribution is -2.30. The van der Waals surface area contributed by atoms with Crippen LogP contribution >= 0.6 is 0 Å². The van der Waals surface area contributed by atoms with Crippen molar-refractivity contribution in [3.8, 4) is 0 Å². The lowest BCUT2D eigenvalue weighted by atomic mass is 10.1. The molecule has 0 bridgehead atoms. The molecule has 7 heteroatoms. The first kappa shape index (κ1) is 23.5. The maximum absolute atomic E-state index is 12.9. The van der Waals surface area contributed by atoms with Gasteiger partial charge in [-0.2, -0.15) is 0 Å². The van der Waals surface area contributed by atoms with Crippen molar-refractivity contribution in [3.63, 3.8) is 0 Å². The Balaban J connectivity index is 1.54. The third kappa shape index (κ3) is 6.20. The molecule has 3 aromatic carbocycles. The van der Waals surface area contributed by atoms with Crippen LogP contribution in [0.5, 0.6) is 0 Å². The number of nitrogens with one attached hydrogen (secondary N) is 2. The molecule has 2 N–H and O–H groups in total. The van der Waals surface area contributed by atoms with E-state index in [0.717, 1.165) is 17.1 Å². The minimum atomic E-state index is -0.205. The molecule has 0 saturated carbocycles. The average Bonchev–Trinajstić information content (AvgIpc) is 2.84. The van der Waals surface area contributed by atoms with Gasteiger partial charge in [0.15, 0.2) is 0 Å². The van der Waals surface area contributed by atoms with E-state index < -0.39 is 0 Å². The predicted molar refractivity (Wildman–Crippen MR) is 133 cm³/mol. The van der Waals surface area contributed by atoms with E-state index in [1.165, 1.54) is 11.8 Å². The van der Waals surface area contributed by atoms with Crippen molar-refractivity contribution < 1.29 is 14.4 Å². The summed E-state index contributed by atoms with van der Waals surface area (Å²) < 4.78 is 0. The van der Waals surface area contributed by atoms with Gasteiger partial charge < -0.3 is 20.4 Å². The van der Waals surface area contributed by atoms with Crippen LogP contribution in [0.2, 0.25) is 0 Å². The number of hydrogen-bond acceptors (Lipinski definition) is 4. The molecule has 0 heterocycles. The fourth-order valence-corrected chi connectivity index (χ4v) is 3.28. The molecule has 7 nitrogen and oxygen atoms in total. The van der Waals surface area contributed by atoms with Crippen LogP contribution in [0.25, 0.3) is 0 Å². The minimum Gasteiger partial charge on any atom is -0.376 e. The molecule has 0 unspecified atom stereocenters. The van der Waals surface area contributed by atoms with E-state index in [4.69, 9.17) is 0 Å². The quantitative estimate of drug-likeness (QED) is 0.540. The van der Waals surface area contributed by atoms with Crippen molar-refractivity contribution in [1.29, 1.82) is 0 Å². The molecule has 3 amide bonds. The average molecular weight is 445 g/mol. The Bertz CT molecular complexity index is 1100. The zero-order valence-electron chi connectivity index (χ0n) is 19.0. The molecule has 0 aliphatic heterocycles. The third-order valence-corrected chi connectivity index (χ3v) is 5.22. The molecule has 0 saturated heterocycles. The van der Waals surface area contributed by atoms with Crippen molar-refractivity contribution in [2.75, 3.05) is 40.6 Å². The monoisotopic (exact) mass is 444 g/mol. The van der Waals surface area contributed by atoms with Gasteiger partial charge in [-0.1, -0.05) is 18.2 Å². The number of benzene rings is 3. The van der Waals surface area contributed by atoms with E-state index in [-0.39, 0.29) is 24.3 Å². The van der Waals surface area contributed by atoms with E-state index in [9.17, 15) is 14.4 Å². The maximum Gasteiger partial charge on any atom is 0.258 e. The standard InChI is InChI=1S/C26H28N4O3/c1-4-30(24-8-6-5-7-9-24)26(33)20-10-12-21(13-11-20)27-18-25(32)28-22-14-16-23(17-15-22)29(3)19(2)31/h5-17,27H,4,18H2,1-3H3,(H,28,32). The Morgan fingerprint density at radius 2 is 1.39 bits per heavy atom. The number of nitrogens with zero attached hydrogens (tertiary/aromatic N) is 2. The van der Waals surface area contributed by atoms with Crippen LogP contribution in [0.3, 0.4) is 0 Å². The van der Waals surface area contributed by atoms with Crippen molar-refractivity contribution in [2.24, 2.45) is 0 Å². The Hall–Kier alpha value is -4.13. The van der Waals surface area contributed by atoms with Gasteiger partial charge in [0.05, 0.1) is 6.54 Å². The highest BCUT2D eigenvalue weighted by molar-refractivity contribution is 6.06. The van der Waals surface area contributed by atoms with E-state index in [0.29, 0.717) is 17.8 Å². The molecular weight excluding hydrogens is 416 g/mol. The molecule has 170 valence electrons. The highest BCUT2D eigenvalue weighted by Gasteiger charge is 2.15. The second-order valence-corrected chi connectivity index (χ2v) is 7.49. The zero-order valence-corrected chi connectivity index (χ0v) is 19.0. The number of hydrogen-bond donors (Lipinski definition) is 2. The van der Waals surface area contributed by atoms with Gasteiger partial charge in [0.25, 0.3) is 5.91 Å². The van der Waals surface area contributed by atoms with Crippen LogP contribution in [-0.4, -0.2) is 37.9 Å². The number of carbonyl (C=O) groups excluding carboxylic acids is 3. The highest BCUT2D eigenvalue weighted by atomic mass is 16.2. The van der Waals surface area contributed by atoms with Crippen molar-refractivity contribution >= 4 is 40.5 Å². The summed E-state index contributed by atoms with van der Waals surface area (Å²) in [5.41, 5.74) is 3.56. The van der Waals surface area contributed by atoms with Gasteiger partial charge >= 0.3 is 0 Å². The Labute approximate surface area is 194 Å². The number of anilines is 4. The minimum absolute atomic E-state index is 0.0637. The zero-order chi connectivity index (χ0) is 23.8. The van der Waals surface area contributed by atoms with Crippen LogP contribution < -0.4 is 20.4 Å². The van der Waals surface area contributed by atoms with E-state index in [1.54, 1.807) is 60.5 Å². The second kappa shape index (κ2) is 10.9. The summed E-state index contributed by atoms with van der Waals surface area (Å²) in [6.07, 6.45) is 0. The molecule has 0 aliphatic carbocycles. The molecule has 33 heavy (non-hydrogen) atoms. The smallest absolute Gasteiger partial charge is 0.258 e. The summed E-state index contributed by atoms with van der Waals surface area (Å²) >= 11 is 0. The molecule has 0 spiro atoms. The fraction of sp³-hybridized carbons (Fsp3) is 0.192. The Morgan fingerprint density at radius 3 is 1.97 bits per heavy atom. The van der Waals surface area contributed by atoms with Crippen molar-refractivity contribution in [2.45, 2.75) is 13.8 Å². The first-order valence-corrected chi connectivity index (χ1v) is 10.7. The molecule has 0 radical (unpaired) electrons. The molecule has 3 rings (SSSR count). The summed E-state index contributed by atoms with van der Waals surface area (Å²) in [7, 11) is 1.69. The SMILES string of the molecule is CCN(C(=O)c1ccc(NCC(=O)Nc2ccc(N(C)C(C)=O)cc2)cc1)c1ccccc1. The molecule has 0 aliphatic rings. The van der Waals surface area contributed by atoms with Gasteiger partial charge in [0, 0.05) is 48.8 Å². The summed E-state index contributed by atoms with van der Waals surface area (Å²) in [5, 5.41) is 5.87. The normalized spacial score (nSPS) is 10.3. The predicted octanol–water partition coefficient (Wildman–Crippen LogP) is 4.39. The van der Waals surface area contributed by atoms with Crippen LogP contribution in [0.4, 0.5) is 22.7 Å². The van der Waals surface area contributed by atoms with E-state index in [1.807, 2.05) is 37.3 Å². The van der Waals surface area contributed by atoms with Gasteiger partial charge in [-0.05, 0) is 67.6 Å². The maximum atomic E-state index is 12.9. The van der Waals surface area contributed by atoms with Crippen molar-refractivity contribution in [1.82, 2.24) is 0 Å². The number of amides is 3. The number of rotatable bonds is 8. The van der Waals surface area contributed by atoms with Gasteiger partial charge in [-0.3, -0.25) is 14.4 Å². The van der Waals surface area contributed by atoms with Crippen LogP contribution in [-0.2, 0) is 9.59 Å². The van der Waals surface area contributed by atoms with E-state index >= 15 is 0 Å². The highest BCUT2D eigenvalue weighted by Crippen LogP contribution is 2.19. The summed E-state index contributed by atoms with van der Waals surface area (Å²) in [6.45, 7) is 4.07. The van der Waals surface area contributed by atoms with Gasteiger partial charge in [-0.25, -0.2) is 0 Å². The summed E-state index contributed by atoms with van der Waals surface area (Å²) in [6, 6.07) is 23.7. The molecule has 0 aromatic heterocycles. The molecule has 0 fully saturated rings. The molecule has 0 atom stereocenters. The summed E-state index contributed by atoms with van der Waals surface area (Å²) in [5.74, 6) is -0.345. The second-order valence-electron chi connectivity index (χ2n) is 7.49. The molecule has 3 aromatic rings. The number of carbonyl (C=O) groups is 3. The van der Waals surface area contributed by atoms with Crippen LogP contribution in [0.1, 0.15) is 24.2 Å². The first-order chi connectivity index (χ1) is 15.9. The van der Waals surface area contributed by atoms with Gasteiger partial charge in [0.2, 0.25) is 11.8 Å². The lowest BCUT2D eigenvalue weighted by Gasteiger charge is -2.21. The van der Waals surface area contributed by atoms with Gasteiger partial charge in [-0.15, -0.1) is 0 Å². The largest absolute Gasteiger partial charge is 0.376 e. The topological polar surface area (TPSA) is 81.8 Å². The number of para-hydroxylation sites is 1. The Morgan fingerprint density at radius 1 is 0.788 bits per heavy atom. The summed E-state index contributed by atoms with van der Waals surface area (Å²) in [4.78, 5) is 39.8. The fourth-order valence-electron chi connectivity index (χ4n) is 3.28. The van der Waals surface area contributed by atoms with E-state index in [2.05, 4.69) is 10.6 Å². The first-order valence-electron chi connectivity index (χ1n) is 10.7. The van der Waals surface area contributed by atoms with Crippen LogP contribution in [0, 0.1) is 0 Å². The van der Waals surface area contributed by atoms with Crippen LogP contribution in [0.15, 0.2) is 78.9 Å². The third-order valence-electron chi connectivity index (χ3n) is 5.22.